The summed E-state index contributed by atoms with van der Waals surface area (Å²) < 4.78 is 19.4. The molecule has 10 heteroatoms. The second-order valence-corrected chi connectivity index (χ2v) is 10.5. The van der Waals surface area contributed by atoms with Gasteiger partial charge in [0, 0.05) is 11.3 Å². The van der Waals surface area contributed by atoms with Crippen LogP contribution in [0, 0.1) is 5.82 Å². The number of ketones is 1. The number of amides is 1. The van der Waals surface area contributed by atoms with Gasteiger partial charge in [-0.1, -0.05) is 77.7 Å². The highest BCUT2D eigenvalue weighted by Crippen LogP contribution is 2.44. The van der Waals surface area contributed by atoms with E-state index in [9.17, 15) is 19.1 Å². The number of anilines is 1. The molecule has 1 amide bonds. The molecule has 1 aromatic heterocycles. The third-order valence-corrected chi connectivity index (χ3v) is 7.98. The summed E-state index contributed by atoms with van der Waals surface area (Å²) in [6.07, 6.45) is 0. The number of carbonyl (C=O) groups is 2. The molecule has 0 radical (unpaired) electrons. The molecule has 1 saturated heterocycles. The molecule has 1 aliphatic rings. The number of aliphatic hydroxyl groups excluding tert-OH is 1. The van der Waals surface area contributed by atoms with Crippen molar-refractivity contribution in [3.05, 3.63) is 107 Å². The lowest BCUT2D eigenvalue weighted by atomic mass is 9.95. The minimum absolute atomic E-state index is 0.0365. The van der Waals surface area contributed by atoms with Gasteiger partial charge in [-0.05, 0) is 42.3 Å². The maximum absolute atomic E-state index is 13.4. The van der Waals surface area contributed by atoms with E-state index >= 15 is 0 Å². The fourth-order valence-corrected chi connectivity index (χ4v) is 5.95. The Bertz CT molecular complexity index is 1510. The number of ether oxygens (including phenoxy) is 1. The molecule has 4 aromatic rings. The van der Waals surface area contributed by atoms with Gasteiger partial charge in [0.1, 0.15) is 17.3 Å². The van der Waals surface area contributed by atoms with Crippen molar-refractivity contribution >= 4 is 45.7 Å². The molecule has 5 rings (SSSR count). The number of halogens is 1. The first-order valence-corrected chi connectivity index (χ1v) is 13.6. The van der Waals surface area contributed by atoms with Crippen LogP contribution in [0.25, 0.3) is 5.76 Å². The predicted molar refractivity (Wildman–Crippen MR) is 145 cm³/mol. The first-order valence-electron chi connectivity index (χ1n) is 11.8. The fraction of sp³-hybridized carbons (Fsp3) is 0.143. The van der Waals surface area contributed by atoms with Crippen LogP contribution in [-0.2, 0) is 15.3 Å². The van der Waals surface area contributed by atoms with Gasteiger partial charge in [-0.25, -0.2) is 4.39 Å². The molecular formula is C28H22FN3O4S2. The Labute approximate surface area is 226 Å². The van der Waals surface area contributed by atoms with Gasteiger partial charge in [-0.2, -0.15) is 0 Å². The van der Waals surface area contributed by atoms with E-state index in [1.165, 1.54) is 28.8 Å². The van der Waals surface area contributed by atoms with E-state index in [1.807, 2.05) is 6.92 Å². The van der Waals surface area contributed by atoms with Crippen molar-refractivity contribution in [2.75, 3.05) is 11.5 Å². The smallest absolute Gasteiger partial charge is 0.301 e. The molecule has 1 unspecified atom stereocenters. The van der Waals surface area contributed by atoms with Gasteiger partial charge in [0.05, 0.1) is 18.2 Å². The first kappa shape index (κ1) is 25.6. The number of aromatic nitrogens is 2. The zero-order chi connectivity index (χ0) is 26.6. The van der Waals surface area contributed by atoms with Crippen LogP contribution < -0.4 is 9.64 Å². The van der Waals surface area contributed by atoms with Crippen molar-refractivity contribution in [3.8, 4) is 5.75 Å². The third-order valence-electron chi connectivity index (χ3n) is 5.85. The van der Waals surface area contributed by atoms with Crippen molar-refractivity contribution in [3.63, 3.8) is 0 Å². The fourth-order valence-electron chi connectivity index (χ4n) is 4.12. The summed E-state index contributed by atoms with van der Waals surface area (Å²) in [7, 11) is 0. The Balaban J connectivity index is 1.54. The van der Waals surface area contributed by atoms with Crippen molar-refractivity contribution < 1.29 is 23.8 Å². The van der Waals surface area contributed by atoms with Gasteiger partial charge >= 0.3 is 5.91 Å². The molecule has 38 heavy (non-hydrogen) atoms. The number of aliphatic hydroxyl groups is 1. The van der Waals surface area contributed by atoms with Gasteiger partial charge in [0.2, 0.25) is 5.13 Å². The molecule has 0 bridgehead atoms. The van der Waals surface area contributed by atoms with Crippen molar-refractivity contribution in [1.29, 1.82) is 0 Å². The van der Waals surface area contributed by atoms with Crippen LogP contribution in [0.2, 0.25) is 0 Å². The van der Waals surface area contributed by atoms with E-state index in [4.69, 9.17) is 4.74 Å². The second kappa shape index (κ2) is 11.2. The minimum atomic E-state index is -0.932. The van der Waals surface area contributed by atoms with Crippen LogP contribution in [0.1, 0.15) is 29.7 Å². The van der Waals surface area contributed by atoms with Gasteiger partial charge in [-0.15, -0.1) is 10.2 Å². The Kier molecular flexibility index (Phi) is 7.52. The van der Waals surface area contributed by atoms with E-state index in [-0.39, 0.29) is 22.3 Å². The Hall–Kier alpha value is -4.02. The summed E-state index contributed by atoms with van der Waals surface area (Å²) in [4.78, 5) is 28.0. The summed E-state index contributed by atoms with van der Waals surface area (Å²) in [6.45, 7) is 2.30. The van der Waals surface area contributed by atoms with Crippen molar-refractivity contribution in [1.82, 2.24) is 10.2 Å². The molecule has 3 aromatic carbocycles. The average molecular weight is 548 g/mol. The molecule has 1 fully saturated rings. The molecular weight excluding hydrogens is 525 g/mol. The van der Waals surface area contributed by atoms with Crippen LogP contribution >= 0.6 is 23.1 Å². The highest BCUT2D eigenvalue weighted by Gasteiger charge is 2.48. The largest absolute Gasteiger partial charge is 0.507 e. The standard InChI is InChI=1S/C28H22FN3O4S2/c1-2-36-21-10-6-9-19(15-21)23-22(24(33)18-7-4-3-5-8-18)25(34)26(35)32(23)27-30-31-28(38-27)37-16-17-11-13-20(29)14-12-17/h3-15,23,33H,2,16H2,1H3. The molecule has 192 valence electrons. The quantitative estimate of drug-likeness (QED) is 0.0952. The van der Waals surface area contributed by atoms with Gasteiger partial charge in [0.15, 0.2) is 4.34 Å². The van der Waals surface area contributed by atoms with Crippen LogP contribution in [0.5, 0.6) is 5.75 Å². The molecule has 0 saturated carbocycles. The second-order valence-electron chi connectivity index (χ2n) is 8.31. The van der Waals surface area contributed by atoms with Gasteiger partial charge in [0.25, 0.3) is 5.78 Å². The van der Waals surface area contributed by atoms with Crippen LogP contribution in [0.15, 0.2) is 88.8 Å². The lowest BCUT2D eigenvalue weighted by molar-refractivity contribution is -0.132. The summed E-state index contributed by atoms with van der Waals surface area (Å²) in [5.41, 5.74) is 1.88. The number of Topliss-reactive ketones (excluding diaryl/α,β-unsaturated/α-hetero) is 1. The van der Waals surface area contributed by atoms with Crippen LogP contribution in [-0.4, -0.2) is 33.6 Å². The summed E-state index contributed by atoms with van der Waals surface area (Å²) >= 11 is 2.55. The maximum atomic E-state index is 13.4. The normalized spacial score (nSPS) is 16.7. The van der Waals surface area contributed by atoms with E-state index in [1.54, 1.807) is 66.7 Å². The number of hydrogen-bond acceptors (Lipinski definition) is 8. The Morgan fingerprint density at radius 1 is 1.05 bits per heavy atom. The number of hydrogen-bond donors (Lipinski definition) is 1. The van der Waals surface area contributed by atoms with Crippen LogP contribution in [0.4, 0.5) is 9.52 Å². The van der Waals surface area contributed by atoms with E-state index in [2.05, 4.69) is 10.2 Å². The molecule has 1 aliphatic heterocycles. The average Bonchev–Trinajstić information content (AvgIpc) is 3.51. The molecule has 7 nitrogen and oxygen atoms in total. The van der Waals surface area contributed by atoms with Crippen LogP contribution in [0.3, 0.4) is 0 Å². The molecule has 0 spiro atoms. The number of benzene rings is 3. The summed E-state index contributed by atoms with van der Waals surface area (Å²) in [5, 5.41) is 19.8. The zero-order valence-corrected chi connectivity index (χ0v) is 21.8. The zero-order valence-electron chi connectivity index (χ0n) is 20.2. The summed E-state index contributed by atoms with van der Waals surface area (Å²) in [6, 6.07) is 20.9. The van der Waals surface area contributed by atoms with Gasteiger partial charge < -0.3 is 9.84 Å². The Morgan fingerprint density at radius 2 is 1.82 bits per heavy atom. The third kappa shape index (κ3) is 5.18. The highest BCUT2D eigenvalue weighted by molar-refractivity contribution is 8.00. The number of thioether (sulfide) groups is 1. The maximum Gasteiger partial charge on any atom is 0.301 e. The highest BCUT2D eigenvalue weighted by atomic mass is 32.2. The van der Waals surface area contributed by atoms with Gasteiger partial charge in [-0.3, -0.25) is 14.5 Å². The Morgan fingerprint density at radius 3 is 2.55 bits per heavy atom. The molecule has 1 atom stereocenters. The van der Waals surface area contributed by atoms with Crippen molar-refractivity contribution in [2.24, 2.45) is 0 Å². The predicted octanol–water partition coefficient (Wildman–Crippen LogP) is 5.99. The van der Waals surface area contributed by atoms with Crippen molar-refractivity contribution in [2.45, 2.75) is 23.1 Å². The monoisotopic (exact) mass is 547 g/mol. The lowest BCUT2D eigenvalue weighted by Crippen LogP contribution is -2.29. The SMILES string of the molecule is CCOc1cccc(C2C(=C(O)c3ccccc3)C(=O)C(=O)N2c2nnc(SCc3ccc(F)cc3)s2)c1. The summed E-state index contributed by atoms with van der Waals surface area (Å²) in [5.74, 6) is -1.09. The van der Waals surface area contributed by atoms with E-state index < -0.39 is 17.7 Å². The topological polar surface area (TPSA) is 92.6 Å². The molecule has 1 N–H and O–H groups in total. The van der Waals surface area contributed by atoms with E-state index in [0.29, 0.717) is 33.6 Å². The first-order chi connectivity index (χ1) is 18.5. The molecule has 2 heterocycles. The number of carbonyl (C=O) groups excluding carboxylic acids is 2. The van der Waals surface area contributed by atoms with E-state index in [0.717, 1.165) is 16.9 Å². The number of rotatable bonds is 8. The number of nitrogens with zero attached hydrogens (tertiary/aromatic N) is 3. The molecule has 0 aliphatic carbocycles. The minimum Gasteiger partial charge on any atom is -0.507 e. The lowest BCUT2D eigenvalue weighted by Gasteiger charge is -2.23.